The van der Waals surface area contributed by atoms with Crippen molar-refractivity contribution in [2.75, 3.05) is 13.1 Å². The zero-order valence-corrected chi connectivity index (χ0v) is 12.2. The number of aromatic nitrogens is 1. The Kier molecular flexibility index (Phi) is 3.87. The maximum atomic E-state index is 13.1. The second-order valence-corrected chi connectivity index (χ2v) is 5.64. The summed E-state index contributed by atoms with van der Waals surface area (Å²) < 4.78 is 39.4. The van der Waals surface area contributed by atoms with Crippen LogP contribution >= 0.6 is 0 Å². The molecule has 0 unspecified atom stereocenters. The lowest BCUT2D eigenvalue weighted by Gasteiger charge is -2.30. The van der Waals surface area contributed by atoms with Crippen molar-refractivity contribution in [1.82, 2.24) is 9.88 Å². The van der Waals surface area contributed by atoms with E-state index in [0.29, 0.717) is 31.4 Å². The Hall–Kier alpha value is -2.31. The van der Waals surface area contributed by atoms with Crippen LogP contribution in [0.15, 0.2) is 30.5 Å². The molecule has 23 heavy (non-hydrogen) atoms. The highest BCUT2D eigenvalue weighted by Crippen LogP contribution is 2.39. The number of pyridine rings is 1. The Bertz CT molecular complexity index is 738. The van der Waals surface area contributed by atoms with Crippen molar-refractivity contribution in [2.24, 2.45) is 0 Å². The number of nitrogens with zero attached hydrogens (tertiary/aromatic N) is 2. The van der Waals surface area contributed by atoms with Gasteiger partial charge in [0, 0.05) is 24.7 Å². The zero-order chi connectivity index (χ0) is 16.6. The number of piperidine rings is 1. The normalized spacial score (nSPS) is 16.7. The molecule has 1 aliphatic rings. The molecule has 7 heteroatoms. The van der Waals surface area contributed by atoms with Crippen molar-refractivity contribution in [2.45, 2.75) is 24.9 Å². The Balaban J connectivity index is 1.99. The molecule has 1 aliphatic heterocycles. The number of fused-ring (bicyclic) bond motifs is 1. The molecule has 0 radical (unpaired) electrons. The maximum absolute atomic E-state index is 13.1. The van der Waals surface area contributed by atoms with Crippen LogP contribution in [0.3, 0.4) is 0 Å². The molecule has 0 aliphatic carbocycles. The van der Waals surface area contributed by atoms with Gasteiger partial charge in [0.05, 0.1) is 11.1 Å². The van der Waals surface area contributed by atoms with E-state index < -0.39 is 17.8 Å². The number of carboxylic acid groups (broad SMARTS) is 1. The minimum absolute atomic E-state index is 0.0188. The lowest BCUT2D eigenvalue weighted by Crippen LogP contribution is -2.36. The van der Waals surface area contributed by atoms with Crippen LogP contribution in [0.25, 0.3) is 10.9 Å². The van der Waals surface area contributed by atoms with Crippen LogP contribution in [0.2, 0.25) is 0 Å². The van der Waals surface area contributed by atoms with E-state index in [2.05, 4.69) is 4.98 Å². The summed E-state index contributed by atoms with van der Waals surface area (Å²) in [6.45, 7) is 0.769. The number of hydrogen-bond donors (Lipinski definition) is 1. The molecular weight excluding hydrogens is 309 g/mol. The average Bonchev–Trinajstić information content (AvgIpc) is 2.53. The number of likely N-dealkylation sites (tertiary alicyclic amines) is 1. The number of alkyl halides is 3. The monoisotopic (exact) mass is 324 g/mol. The van der Waals surface area contributed by atoms with E-state index in [1.807, 2.05) is 0 Å². The fraction of sp³-hybridized carbons (Fsp3) is 0.375. The third-order valence-electron chi connectivity index (χ3n) is 4.31. The van der Waals surface area contributed by atoms with E-state index in [4.69, 9.17) is 5.11 Å². The van der Waals surface area contributed by atoms with E-state index >= 15 is 0 Å². The van der Waals surface area contributed by atoms with Crippen molar-refractivity contribution in [3.8, 4) is 0 Å². The first kappa shape index (κ1) is 15.6. The van der Waals surface area contributed by atoms with E-state index in [0.717, 1.165) is 11.6 Å². The van der Waals surface area contributed by atoms with E-state index in [-0.39, 0.29) is 11.3 Å². The summed E-state index contributed by atoms with van der Waals surface area (Å²) in [4.78, 5) is 16.4. The Morgan fingerprint density at radius 3 is 2.52 bits per heavy atom. The summed E-state index contributed by atoms with van der Waals surface area (Å²) in [7, 11) is 0. The molecule has 1 amide bonds. The fourth-order valence-electron chi connectivity index (χ4n) is 3.15. The molecule has 1 aromatic heterocycles. The molecule has 0 spiro atoms. The van der Waals surface area contributed by atoms with Gasteiger partial charge in [0.15, 0.2) is 0 Å². The molecule has 0 saturated carbocycles. The highest BCUT2D eigenvalue weighted by atomic mass is 19.4. The molecule has 0 bridgehead atoms. The summed E-state index contributed by atoms with van der Waals surface area (Å²) in [5.74, 6) is 0.0188. The highest BCUT2D eigenvalue weighted by Gasteiger charge is 2.34. The number of benzene rings is 1. The van der Waals surface area contributed by atoms with Crippen LogP contribution in [0.4, 0.5) is 18.0 Å². The first-order chi connectivity index (χ1) is 10.9. The predicted molar refractivity (Wildman–Crippen MR) is 78.3 cm³/mol. The molecule has 1 fully saturated rings. The van der Waals surface area contributed by atoms with Crippen molar-refractivity contribution >= 4 is 17.0 Å². The second-order valence-electron chi connectivity index (χ2n) is 5.64. The lowest BCUT2D eigenvalue weighted by atomic mass is 9.87. The Morgan fingerprint density at radius 2 is 1.91 bits per heavy atom. The van der Waals surface area contributed by atoms with Gasteiger partial charge in [0.2, 0.25) is 0 Å². The SMILES string of the molecule is O=C(O)N1CCC(c2ccc(C(F)(F)F)c3cccnc23)CC1. The minimum atomic E-state index is -4.42. The van der Waals surface area contributed by atoms with Gasteiger partial charge in [-0.25, -0.2) is 4.79 Å². The van der Waals surface area contributed by atoms with E-state index in [1.165, 1.54) is 29.3 Å². The van der Waals surface area contributed by atoms with Gasteiger partial charge in [-0.1, -0.05) is 12.1 Å². The van der Waals surface area contributed by atoms with Crippen LogP contribution in [-0.4, -0.2) is 34.2 Å². The van der Waals surface area contributed by atoms with Gasteiger partial charge >= 0.3 is 12.3 Å². The van der Waals surface area contributed by atoms with Gasteiger partial charge in [0.1, 0.15) is 0 Å². The Morgan fingerprint density at radius 1 is 1.22 bits per heavy atom. The van der Waals surface area contributed by atoms with Gasteiger partial charge in [-0.05, 0) is 36.5 Å². The zero-order valence-electron chi connectivity index (χ0n) is 12.2. The quantitative estimate of drug-likeness (QED) is 0.859. The summed E-state index contributed by atoms with van der Waals surface area (Å²) in [5, 5.41) is 9.08. The third-order valence-corrected chi connectivity index (χ3v) is 4.31. The van der Waals surface area contributed by atoms with Crippen molar-refractivity contribution in [3.05, 3.63) is 41.6 Å². The van der Waals surface area contributed by atoms with Crippen LogP contribution in [-0.2, 0) is 6.18 Å². The van der Waals surface area contributed by atoms with Crippen molar-refractivity contribution < 1.29 is 23.1 Å². The van der Waals surface area contributed by atoms with Crippen LogP contribution < -0.4 is 0 Å². The third kappa shape index (κ3) is 2.95. The van der Waals surface area contributed by atoms with E-state index in [1.54, 1.807) is 0 Å². The van der Waals surface area contributed by atoms with Crippen LogP contribution in [0, 0.1) is 0 Å². The smallest absolute Gasteiger partial charge is 0.417 e. The van der Waals surface area contributed by atoms with E-state index in [9.17, 15) is 18.0 Å². The molecule has 4 nitrogen and oxygen atoms in total. The van der Waals surface area contributed by atoms with Crippen molar-refractivity contribution in [1.29, 1.82) is 0 Å². The highest BCUT2D eigenvalue weighted by molar-refractivity contribution is 5.86. The molecule has 2 heterocycles. The number of carbonyl (C=O) groups is 1. The molecule has 1 N–H and O–H groups in total. The van der Waals surface area contributed by atoms with Gasteiger partial charge in [-0.2, -0.15) is 13.2 Å². The van der Waals surface area contributed by atoms with Gasteiger partial charge in [-0.15, -0.1) is 0 Å². The fourth-order valence-corrected chi connectivity index (χ4v) is 3.15. The molecule has 0 atom stereocenters. The van der Waals surface area contributed by atoms with Gasteiger partial charge < -0.3 is 10.0 Å². The van der Waals surface area contributed by atoms with Crippen LogP contribution in [0.5, 0.6) is 0 Å². The lowest BCUT2D eigenvalue weighted by molar-refractivity contribution is -0.136. The Labute approximate surface area is 130 Å². The summed E-state index contributed by atoms with van der Waals surface area (Å²) in [5.41, 5.74) is 0.432. The topological polar surface area (TPSA) is 53.4 Å². The number of rotatable bonds is 1. The molecular formula is C16H15F3N2O2. The molecule has 1 aromatic carbocycles. The predicted octanol–water partition coefficient (Wildman–Crippen LogP) is 4.11. The summed E-state index contributed by atoms with van der Waals surface area (Å²) in [6.07, 6.45) is -2.73. The first-order valence-electron chi connectivity index (χ1n) is 7.30. The number of amides is 1. The molecule has 3 rings (SSSR count). The van der Waals surface area contributed by atoms with Crippen LogP contribution in [0.1, 0.15) is 29.9 Å². The van der Waals surface area contributed by atoms with Crippen molar-refractivity contribution in [3.63, 3.8) is 0 Å². The minimum Gasteiger partial charge on any atom is -0.465 e. The van der Waals surface area contributed by atoms with Gasteiger partial charge in [0.25, 0.3) is 0 Å². The number of hydrogen-bond acceptors (Lipinski definition) is 2. The summed E-state index contributed by atoms with van der Waals surface area (Å²) >= 11 is 0. The molecule has 1 saturated heterocycles. The number of halogens is 3. The largest absolute Gasteiger partial charge is 0.465 e. The summed E-state index contributed by atoms with van der Waals surface area (Å²) in [6, 6.07) is 5.51. The molecule has 122 valence electrons. The standard InChI is InChI=1S/C16H15F3N2O2/c17-16(18,19)13-4-3-11(14-12(13)2-1-7-20-14)10-5-8-21(9-6-10)15(22)23/h1-4,7,10H,5-6,8-9H2,(H,22,23). The molecule has 2 aromatic rings. The average molecular weight is 324 g/mol. The maximum Gasteiger partial charge on any atom is 0.417 e. The van der Waals surface area contributed by atoms with Gasteiger partial charge in [-0.3, -0.25) is 4.98 Å². The second kappa shape index (κ2) is 5.72. The first-order valence-corrected chi connectivity index (χ1v) is 7.30.